The Morgan fingerprint density at radius 2 is 1.68 bits per heavy atom. The first-order chi connectivity index (χ1) is 18.7. The molecule has 0 radical (unpaired) electrons. The van der Waals surface area contributed by atoms with Gasteiger partial charge in [-0.3, -0.25) is 0 Å². The highest BCUT2D eigenvalue weighted by Crippen LogP contribution is 2.26. The first-order valence-corrected chi connectivity index (χ1v) is 14.4. The van der Waals surface area contributed by atoms with Gasteiger partial charge < -0.3 is 25.2 Å². The van der Waals surface area contributed by atoms with E-state index in [0.717, 1.165) is 11.6 Å². The summed E-state index contributed by atoms with van der Waals surface area (Å²) in [5.41, 5.74) is 0.725. The van der Waals surface area contributed by atoms with Gasteiger partial charge in [0.25, 0.3) is 0 Å². The minimum atomic E-state index is -3.97. The fraction of sp³-hybridized carbons (Fsp3) is 0.310. The highest BCUT2D eigenvalue weighted by Gasteiger charge is 2.25. The summed E-state index contributed by atoms with van der Waals surface area (Å²) >= 11 is 6.05. The average molecular weight is 589 g/mol. The number of anilines is 1. The number of halogens is 1. The van der Waals surface area contributed by atoms with Crippen LogP contribution in [0.4, 0.5) is 10.5 Å². The monoisotopic (exact) mass is 588 g/mol. The Morgan fingerprint density at radius 3 is 2.25 bits per heavy atom. The quantitative estimate of drug-likeness (QED) is 0.286. The number of hydrogen-bond donors (Lipinski definition) is 3. The summed E-state index contributed by atoms with van der Waals surface area (Å²) in [5, 5.41) is 23.4. The van der Waals surface area contributed by atoms with Gasteiger partial charge in [-0.05, 0) is 80.8 Å². The lowest BCUT2D eigenvalue weighted by Gasteiger charge is -2.29. The van der Waals surface area contributed by atoms with Crippen LogP contribution in [0.2, 0.25) is 5.02 Å². The van der Waals surface area contributed by atoms with E-state index in [-0.39, 0.29) is 28.4 Å². The van der Waals surface area contributed by atoms with Crippen molar-refractivity contribution in [2.45, 2.75) is 48.7 Å². The van der Waals surface area contributed by atoms with Gasteiger partial charge in [-0.1, -0.05) is 35.9 Å². The number of benzene rings is 3. The Balaban J connectivity index is 1.78. The number of ether oxygens (including phenoxy) is 1. The average Bonchev–Trinajstić information content (AvgIpc) is 2.89. The topological polar surface area (TPSA) is 133 Å². The molecule has 0 aromatic heterocycles. The maximum atomic E-state index is 13.2. The fourth-order valence-corrected chi connectivity index (χ4v) is 5.42. The smallest absolute Gasteiger partial charge is 0.410 e. The number of nitrogens with one attached hydrogen (secondary N) is 1. The van der Waals surface area contributed by atoms with Crippen LogP contribution in [0.1, 0.15) is 48.4 Å². The molecule has 3 N–H and O–H groups in total. The van der Waals surface area contributed by atoms with Gasteiger partial charge >= 0.3 is 12.1 Å². The number of rotatable bonds is 10. The van der Waals surface area contributed by atoms with E-state index >= 15 is 0 Å². The van der Waals surface area contributed by atoms with E-state index in [9.17, 15) is 28.2 Å². The Kier molecular flexibility index (Phi) is 9.83. The first-order valence-electron chi connectivity index (χ1n) is 12.5. The van der Waals surface area contributed by atoms with Gasteiger partial charge in [0, 0.05) is 24.3 Å². The first kappa shape index (κ1) is 30.9. The molecule has 11 heteroatoms. The van der Waals surface area contributed by atoms with Gasteiger partial charge in [0.05, 0.1) is 28.0 Å². The zero-order valence-corrected chi connectivity index (χ0v) is 24.3. The highest BCUT2D eigenvalue weighted by atomic mass is 35.5. The Labute approximate surface area is 239 Å². The number of carbonyl (C=O) groups is 2. The molecule has 0 fully saturated rings. The number of aliphatic hydroxyl groups excluding tert-OH is 1. The van der Waals surface area contributed by atoms with E-state index in [4.69, 9.17) is 16.3 Å². The molecule has 3 aromatic carbocycles. The van der Waals surface area contributed by atoms with E-state index in [0.29, 0.717) is 22.7 Å². The van der Waals surface area contributed by atoms with Crippen molar-refractivity contribution in [3.05, 3.63) is 88.4 Å². The number of amides is 1. The van der Waals surface area contributed by atoms with Crippen molar-refractivity contribution >= 4 is 39.2 Å². The van der Waals surface area contributed by atoms with E-state index < -0.39 is 33.6 Å². The SMILES string of the molecule is CNc1ccc(S(=O)(=O)c2ccc(CCN(C[C@@H](O)c3cccc(Cl)c3)C(=O)OC(C)(C)C)cc2)cc1C(=O)O. The third-order valence-electron chi connectivity index (χ3n) is 5.98. The van der Waals surface area contributed by atoms with Crippen LogP contribution in [-0.4, -0.2) is 61.3 Å². The molecule has 0 aliphatic heterocycles. The third-order valence-corrected chi connectivity index (χ3v) is 7.99. The summed E-state index contributed by atoms with van der Waals surface area (Å²) in [4.78, 5) is 25.7. The van der Waals surface area contributed by atoms with Crippen LogP contribution in [0.3, 0.4) is 0 Å². The maximum absolute atomic E-state index is 13.2. The zero-order valence-electron chi connectivity index (χ0n) is 22.7. The molecule has 0 saturated heterocycles. The Hall–Kier alpha value is -3.60. The van der Waals surface area contributed by atoms with Crippen molar-refractivity contribution < 1.29 is 33.0 Å². The van der Waals surface area contributed by atoms with Gasteiger partial charge in [0.1, 0.15) is 5.60 Å². The Morgan fingerprint density at radius 1 is 1.02 bits per heavy atom. The summed E-state index contributed by atoms with van der Waals surface area (Å²) in [6.07, 6.45) is -1.22. The summed E-state index contributed by atoms with van der Waals surface area (Å²) in [7, 11) is -2.42. The van der Waals surface area contributed by atoms with E-state index in [1.54, 1.807) is 64.2 Å². The molecule has 0 heterocycles. The van der Waals surface area contributed by atoms with Gasteiger partial charge in [-0.25, -0.2) is 18.0 Å². The lowest BCUT2D eigenvalue weighted by atomic mass is 10.1. The third kappa shape index (κ3) is 7.97. The van der Waals surface area contributed by atoms with E-state index in [2.05, 4.69) is 5.32 Å². The number of carboxylic acids is 1. The lowest BCUT2D eigenvalue weighted by Crippen LogP contribution is -2.40. The molecule has 0 bridgehead atoms. The Bertz CT molecular complexity index is 1470. The summed E-state index contributed by atoms with van der Waals surface area (Å²) in [5.74, 6) is -1.24. The second kappa shape index (κ2) is 12.7. The van der Waals surface area contributed by atoms with Crippen LogP contribution in [0.15, 0.2) is 76.5 Å². The summed E-state index contributed by atoms with van der Waals surface area (Å²) in [6.45, 7) is 5.42. The number of aliphatic hydroxyl groups is 1. The van der Waals surface area contributed by atoms with Crippen LogP contribution in [0.25, 0.3) is 0 Å². The zero-order chi connectivity index (χ0) is 29.7. The molecule has 0 spiro atoms. The van der Waals surface area contributed by atoms with Crippen molar-refractivity contribution in [2.75, 3.05) is 25.5 Å². The van der Waals surface area contributed by atoms with Gasteiger partial charge in [0.2, 0.25) is 9.84 Å². The van der Waals surface area contributed by atoms with Crippen molar-refractivity contribution in [1.29, 1.82) is 0 Å². The van der Waals surface area contributed by atoms with E-state index in [1.165, 1.54) is 29.2 Å². The minimum Gasteiger partial charge on any atom is -0.478 e. The molecule has 40 heavy (non-hydrogen) atoms. The molecule has 0 saturated carbocycles. The van der Waals surface area contributed by atoms with Crippen LogP contribution in [-0.2, 0) is 21.0 Å². The van der Waals surface area contributed by atoms with Gasteiger partial charge in [-0.15, -0.1) is 0 Å². The molecule has 1 atom stereocenters. The van der Waals surface area contributed by atoms with E-state index in [1.807, 2.05) is 0 Å². The largest absolute Gasteiger partial charge is 0.478 e. The van der Waals surface area contributed by atoms with Crippen molar-refractivity contribution in [3.8, 4) is 0 Å². The van der Waals surface area contributed by atoms with Crippen molar-refractivity contribution in [3.63, 3.8) is 0 Å². The number of aromatic carboxylic acids is 1. The molecule has 0 unspecified atom stereocenters. The molecule has 0 aliphatic rings. The second-order valence-electron chi connectivity index (χ2n) is 10.2. The molecule has 9 nitrogen and oxygen atoms in total. The molecule has 0 aliphatic carbocycles. The second-order valence-corrected chi connectivity index (χ2v) is 12.5. The molecule has 3 rings (SSSR count). The minimum absolute atomic E-state index is 0.00479. The predicted molar refractivity (Wildman–Crippen MR) is 153 cm³/mol. The predicted octanol–water partition coefficient (Wildman–Crippen LogP) is 5.43. The normalized spacial score (nSPS) is 12.4. The molecule has 1 amide bonds. The van der Waals surface area contributed by atoms with Crippen LogP contribution >= 0.6 is 11.6 Å². The molecular weight excluding hydrogens is 556 g/mol. The number of carboxylic acid groups (broad SMARTS) is 1. The highest BCUT2D eigenvalue weighted by molar-refractivity contribution is 7.91. The standard InChI is InChI=1S/C29H33ClN2O7S/c1-29(2,3)39-28(36)32(18-26(33)20-6-5-7-21(30)16-20)15-14-19-8-10-22(11-9-19)40(37,38)23-12-13-25(31-4)24(17-23)27(34)35/h5-13,16-17,26,31,33H,14-15,18H2,1-4H3,(H,34,35)/t26-/m1/s1. The van der Waals surface area contributed by atoms with Crippen LogP contribution in [0.5, 0.6) is 0 Å². The number of hydrogen-bond acceptors (Lipinski definition) is 7. The molecular formula is C29H33ClN2O7S. The lowest BCUT2D eigenvalue weighted by molar-refractivity contribution is 0.0147. The van der Waals surface area contributed by atoms with Crippen molar-refractivity contribution in [2.24, 2.45) is 0 Å². The number of carbonyl (C=O) groups excluding carboxylic acids is 1. The fourth-order valence-electron chi connectivity index (χ4n) is 3.93. The van der Waals surface area contributed by atoms with Gasteiger partial charge in [-0.2, -0.15) is 0 Å². The molecule has 214 valence electrons. The summed E-state index contributed by atoms with van der Waals surface area (Å²) < 4.78 is 31.9. The van der Waals surface area contributed by atoms with Crippen LogP contribution < -0.4 is 5.32 Å². The maximum Gasteiger partial charge on any atom is 0.410 e. The van der Waals surface area contributed by atoms with Gasteiger partial charge in [0.15, 0.2) is 0 Å². The molecule has 3 aromatic rings. The number of nitrogens with zero attached hydrogens (tertiary/aromatic N) is 1. The van der Waals surface area contributed by atoms with Crippen molar-refractivity contribution in [1.82, 2.24) is 4.90 Å². The number of sulfone groups is 1. The summed E-state index contributed by atoms with van der Waals surface area (Å²) in [6, 6.07) is 16.8. The van der Waals surface area contributed by atoms with Crippen LogP contribution in [0, 0.1) is 0 Å².